The standard InChI is InChI=1S/C32H31F5O/c1-2-3-4-5-21-6-8-22(9-7-21)10-11-23-13-17-27-26(18-23)16-15-25(30(27)35)14-12-24-19-28(33)31(29(34)20-24)38-32(36)37/h6-9,13,15-20,32H,2-5,10-12,14H2,1H3. The van der Waals surface area contributed by atoms with Crippen molar-refractivity contribution in [3.05, 3.63) is 112 Å². The molecule has 4 rings (SSSR count). The second-order valence-electron chi connectivity index (χ2n) is 9.63. The van der Waals surface area contributed by atoms with Gasteiger partial charge in [-0.1, -0.05) is 74.4 Å². The molecule has 1 nitrogen and oxygen atoms in total. The highest BCUT2D eigenvalue weighted by atomic mass is 19.3. The third kappa shape index (κ3) is 7.12. The molecule has 38 heavy (non-hydrogen) atoms. The van der Waals surface area contributed by atoms with Crippen molar-refractivity contribution in [3.63, 3.8) is 0 Å². The van der Waals surface area contributed by atoms with Crippen LogP contribution in [0.5, 0.6) is 5.75 Å². The van der Waals surface area contributed by atoms with Gasteiger partial charge in [-0.25, -0.2) is 13.2 Å². The Labute approximate surface area is 220 Å². The van der Waals surface area contributed by atoms with Gasteiger partial charge in [0.05, 0.1) is 0 Å². The third-order valence-corrected chi connectivity index (χ3v) is 6.84. The minimum absolute atomic E-state index is 0.140. The highest BCUT2D eigenvalue weighted by Gasteiger charge is 2.17. The maximum absolute atomic E-state index is 15.2. The van der Waals surface area contributed by atoms with Crippen LogP contribution in [-0.2, 0) is 32.1 Å². The topological polar surface area (TPSA) is 9.23 Å². The number of fused-ring (bicyclic) bond motifs is 1. The molecule has 4 aromatic rings. The quantitative estimate of drug-likeness (QED) is 0.132. The molecule has 4 aromatic carbocycles. The summed E-state index contributed by atoms with van der Waals surface area (Å²) in [6, 6.07) is 19.9. The van der Waals surface area contributed by atoms with Gasteiger partial charge in [-0.15, -0.1) is 0 Å². The molecule has 0 amide bonds. The molecule has 0 aromatic heterocycles. The fourth-order valence-corrected chi connectivity index (χ4v) is 4.71. The zero-order valence-corrected chi connectivity index (χ0v) is 21.4. The first-order chi connectivity index (χ1) is 18.3. The van der Waals surface area contributed by atoms with E-state index in [1.807, 2.05) is 18.2 Å². The van der Waals surface area contributed by atoms with Crippen LogP contribution in [0.3, 0.4) is 0 Å². The molecule has 0 heterocycles. The number of hydrogen-bond donors (Lipinski definition) is 0. The molecule has 0 fully saturated rings. The molecule has 0 bridgehead atoms. The Kier molecular flexibility index (Phi) is 9.38. The maximum atomic E-state index is 15.2. The Hall–Kier alpha value is -3.41. The van der Waals surface area contributed by atoms with E-state index in [1.54, 1.807) is 12.1 Å². The molecule has 0 aliphatic heterocycles. The van der Waals surface area contributed by atoms with Crippen LogP contribution in [0, 0.1) is 17.5 Å². The molecule has 0 radical (unpaired) electrons. The Morgan fingerprint density at radius 2 is 1.24 bits per heavy atom. The summed E-state index contributed by atoms with van der Waals surface area (Å²) in [6.45, 7) is -1.12. The normalized spacial score (nSPS) is 11.4. The van der Waals surface area contributed by atoms with Gasteiger partial charge in [0.2, 0.25) is 0 Å². The van der Waals surface area contributed by atoms with Crippen LogP contribution in [0.4, 0.5) is 22.0 Å². The lowest BCUT2D eigenvalue weighted by Gasteiger charge is -2.11. The molecule has 200 valence electrons. The van der Waals surface area contributed by atoms with E-state index in [0.717, 1.165) is 42.3 Å². The van der Waals surface area contributed by atoms with Gasteiger partial charge in [0.1, 0.15) is 5.82 Å². The summed E-state index contributed by atoms with van der Waals surface area (Å²) in [4.78, 5) is 0. The largest absolute Gasteiger partial charge is 0.429 e. The van der Waals surface area contributed by atoms with Gasteiger partial charge < -0.3 is 4.74 Å². The SMILES string of the molecule is CCCCCc1ccc(CCc2ccc3c(F)c(CCc4cc(F)c(OC(F)F)c(F)c4)ccc3c2)cc1. The van der Waals surface area contributed by atoms with Gasteiger partial charge in [-0.2, -0.15) is 8.78 Å². The predicted octanol–water partition coefficient (Wildman–Crippen LogP) is 9.16. The number of aryl methyl sites for hydroxylation is 5. The average Bonchev–Trinajstić information content (AvgIpc) is 2.90. The number of ether oxygens (including phenoxy) is 1. The number of hydrogen-bond acceptors (Lipinski definition) is 1. The summed E-state index contributed by atoms with van der Waals surface area (Å²) in [6.07, 6.45) is 6.88. The summed E-state index contributed by atoms with van der Waals surface area (Å²) in [5.41, 5.74) is 4.40. The molecule has 0 N–H and O–H groups in total. The van der Waals surface area contributed by atoms with E-state index in [9.17, 15) is 17.6 Å². The maximum Gasteiger partial charge on any atom is 0.387 e. The van der Waals surface area contributed by atoms with E-state index in [1.165, 1.54) is 30.4 Å². The van der Waals surface area contributed by atoms with Crippen LogP contribution in [-0.4, -0.2) is 6.61 Å². The van der Waals surface area contributed by atoms with Gasteiger partial charge in [0.15, 0.2) is 17.4 Å². The molecular formula is C32H31F5O. The Balaban J connectivity index is 1.39. The predicted molar refractivity (Wildman–Crippen MR) is 141 cm³/mol. The zero-order chi connectivity index (χ0) is 27.1. The number of unbranched alkanes of at least 4 members (excludes halogenated alkanes) is 2. The van der Waals surface area contributed by atoms with Crippen molar-refractivity contribution < 1.29 is 26.7 Å². The van der Waals surface area contributed by atoms with Crippen LogP contribution in [0.15, 0.2) is 66.7 Å². The number of alkyl halides is 2. The second-order valence-corrected chi connectivity index (χ2v) is 9.63. The Bertz CT molecular complexity index is 1340. The smallest absolute Gasteiger partial charge is 0.387 e. The van der Waals surface area contributed by atoms with E-state index in [2.05, 4.69) is 35.9 Å². The molecule has 6 heteroatoms. The van der Waals surface area contributed by atoms with Gasteiger partial charge in [-0.3, -0.25) is 0 Å². The molecule has 0 spiro atoms. The summed E-state index contributed by atoms with van der Waals surface area (Å²) >= 11 is 0. The lowest BCUT2D eigenvalue weighted by molar-refractivity contribution is -0.0546. The van der Waals surface area contributed by atoms with E-state index >= 15 is 4.39 Å². The Morgan fingerprint density at radius 1 is 0.632 bits per heavy atom. The van der Waals surface area contributed by atoms with Crippen LogP contribution in [0.25, 0.3) is 10.8 Å². The molecule has 0 aliphatic rings. The van der Waals surface area contributed by atoms with Crippen LogP contribution in [0.2, 0.25) is 0 Å². The monoisotopic (exact) mass is 526 g/mol. The van der Waals surface area contributed by atoms with E-state index < -0.39 is 24.0 Å². The molecule has 0 unspecified atom stereocenters. The fraction of sp³-hybridized carbons (Fsp3) is 0.312. The highest BCUT2D eigenvalue weighted by Crippen LogP contribution is 2.27. The summed E-state index contributed by atoms with van der Waals surface area (Å²) in [5, 5.41) is 1.28. The molecular weight excluding hydrogens is 495 g/mol. The molecule has 0 saturated carbocycles. The van der Waals surface area contributed by atoms with Gasteiger partial charge in [0.25, 0.3) is 0 Å². The first-order valence-corrected chi connectivity index (χ1v) is 13.0. The number of benzene rings is 4. The van der Waals surface area contributed by atoms with Gasteiger partial charge in [0, 0.05) is 5.39 Å². The third-order valence-electron chi connectivity index (χ3n) is 6.84. The van der Waals surface area contributed by atoms with Crippen molar-refractivity contribution in [1.29, 1.82) is 0 Å². The van der Waals surface area contributed by atoms with Crippen LogP contribution >= 0.6 is 0 Å². The number of halogens is 5. The minimum atomic E-state index is -3.33. The van der Waals surface area contributed by atoms with Crippen LogP contribution in [0.1, 0.15) is 54.0 Å². The van der Waals surface area contributed by atoms with E-state index in [0.29, 0.717) is 10.9 Å². The molecule has 0 aliphatic carbocycles. The second kappa shape index (κ2) is 12.9. The van der Waals surface area contributed by atoms with Crippen molar-refractivity contribution in [3.8, 4) is 5.75 Å². The van der Waals surface area contributed by atoms with Gasteiger partial charge in [-0.05, 0) is 83.9 Å². The lowest BCUT2D eigenvalue weighted by atomic mass is 9.97. The lowest BCUT2D eigenvalue weighted by Crippen LogP contribution is -2.06. The van der Waals surface area contributed by atoms with Crippen molar-refractivity contribution in [2.24, 2.45) is 0 Å². The molecule has 0 atom stereocenters. The van der Waals surface area contributed by atoms with Gasteiger partial charge >= 0.3 is 6.61 Å². The van der Waals surface area contributed by atoms with Crippen molar-refractivity contribution in [1.82, 2.24) is 0 Å². The molecule has 0 saturated heterocycles. The number of rotatable bonds is 12. The zero-order valence-electron chi connectivity index (χ0n) is 21.4. The van der Waals surface area contributed by atoms with Crippen molar-refractivity contribution in [2.45, 2.75) is 64.9 Å². The van der Waals surface area contributed by atoms with Crippen molar-refractivity contribution in [2.75, 3.05) is 0 Å². The van der Waals surface area contributed by atoms with E-state index in [4.69, 9.17) is 0 Å². The minimum Gasteiger partial charge on any atom is -0.429 e. The first-order valence-electron chi connectivity index (χ1n) is 13.0. The summed E-state index contributed by atoms with van der Waals surface area (Å²) in [7, 11) is 0. The Morgan fingerprint density at radius 3 is 1.89 bits per heavy atom. The van der Waals surface area contributed by atoms with Crippen LogP contribution < -0.4 is 4.74 Å². The first kappa shape index (κ1) is 27.6. The average molecular weight is 527 g/mol. The summed E-state index contributed by atoms with van der Waals surface area (Å²) < 4.78 is 71.8. The van der Waals surface area contributed by atoms with Crippen molar-refractivity contribution >= 4 is 10.8 Å². The summed E-state index contributed by atoms with van der Waals surface area (Å²) in [5.74, 6) is -3.91. The fourth-order valence-electron chi connectivity index (χ4n) is 4.71. The highest BCUT2D eigenvalue weighted by molar-refractivity contribution is 5.84. The van der Waals surface area contributed by atoms with E-state index in [-0.39, 0.29) is 24.2 Å².